The molecule has 1 nitrogen and oxygen atoms in total. The summed E-state index contributed by atoms with van der Waals surface area (Å²) in [7, 11) is 0. The van der Waals surface area contributed by atoms with E-state index in [1.54, 1.807) is 0 Å². The van der Waals surface area contributed by atoms with Gasteiger partial charge >= 0.3 is 0 Å². The van der Waals surface area contributed by atoms with Gasteiger partial charge in [0.15, 0.2) is 0 Å². The molecule has 0 saturated heterocycles. The van der Waals surface area contributed by atoms with Crippen LogP contribution in [-0.4, -0.2) is 0 Å². The zero-order valence-electron chi connectivity index (χ0n) is 19.0. The maximum Gasteiger partial charge on any atom is 0.135 e. The van der Waals surface area contributed by atoms with E-state index in [2.05, 4.69) is 121 Å². The van der Waals surface area contributed by atoms with Crippen LogP contribution in [0, 0.1) is 0 Å². The number of benzene rings is 7. The zero-order chi connectivity index (χ0) is 22.9. The Morgan fingerprint density at radius 2 is 1.11 bits per heavy atom. The summed E-state index contributed by atoms with van der Waals surface area (Å²) in [5.41, 5.74) is 4.78. The van der Waals surface area contributed by atoms with Crippen LogP contribution < -0.4 is 4.74 Å². The molecule has 0 saturated carbocycles. The quantitative estimate of drug-likeness (QED) is 0.229. The van der Waals surface area contributed by atoms with Gasteiger partial charge in [-0.2, -0.15) is 0 Å². The fraction of sp³-hybridized carbons (Fsp3) is 0. The van der Waals surface area contributed by atoms with Crippen molar-refractivity contribution in [3.63, 3.8) is 0 Å². The van der Waals surface area contributed by atoms with Crippen LogP contribution in [-0.2, 0) is 0 Å². The van der Waals surface area contributed by atoms with Crippen LogP contribution in [0.2, 0.25) is 0 Å². The lowest BCUT2D eigenvalue weighted by molar-refractivity contribution is 0.487. The highest BCUT2D eigenvalue weighted by molar-refractivity contribution is 6.23. The second-order valence-corrected chi connectivity index (χ2v) is 9.33. The second kappa shape index (κ2) is 6.94. The molecule has 8 rings (SSSR count). The van der Waals surface area contributed by atoms with Crippen molar-refractivity contribution >= 4 is 43.1 Å². The molecular formula is C34H20O. The molecule has 35 heavy (non-hydrogen) atoms. The number of fused-ring (bicyclic) bond motifs is 7. The van der Waals surface area contributed by atoms with Crippen molar-refractivity contribution in [3.8, 4) is 33.8 Å². The zero-order valence-corrected chi connectivity index (χ0v) is 19.0. The Morgan fingerprint density at radius 1 is 0.371 bits per heavy atom. The molecule has 1 aliphatic heterocycles. The second-order valence-electron chi connectivity index (χ2n) is 9.33. The molecule has 0 aliphatic carbocycles. The van der Waals surface area contributed by atoms with Gasteiger partial charge in [-0.3, -0.25) is 0 Å². The molecule has 0 amide bonds. The third-order valence-electron chi connectivity index (χ3n) is 7.42. The minimum absolute atomic E-state index is 0.913. The van der Waals surface area contributed by atoms with Gasteiger partial charge in [-0.15, -0.1) is 0 Å². The highest BCUT2D eigenvalue weighted by Gasteiger charge is 2.21. The molecular weight excluding hydrogens is 424 g/mol. The van der Waals surface area contributed by atoms with Gasteiger partial charge in [0.05, 0.1) is 0 Å². The maximum absolute atomic E-state index is 6.47. The van der Waals surface area contributed by atoms with Gasteiger partial charge in [0, 0.05) is 10.9 Å². The van der Waals surface area contributed by atoms with E-state index in [0.717, 1.165) is 17.1 Å². The standard InChI is InChI=1S/C34H20O/c1-2-10-25-21(7-1)15-16-24-19-30(26-11-3-4-12-28(26)33(24)25)23-17-18-27-29-13-5-8-22-9-6-14-31(34(22)29)35-32(27)20-23/h1-20H. The van der Waals surface area contributed by atoms with Crippen molar-refractivity contribution in [1.29, 1.82) is 0 Å². The van der Waals surface area contributed by atoms with Crippen LogP contribution in [0.1, 0.15) is 0 Å². The van der Waals surface area contributed by atoms with Crippen LogP contribution in [0.5, 0.6) is 11.5 Å². The monoisotopic (exact) mass is 444 g/mol. The van der Waals surface area contributed by atoms with E-state index in [0.29, 0.717) is 0 Å². The van der Waals surface area contributed by atoms with Crippen molar-refractivity contribution in [3.05, 3.63) is 121 Å². The molecule has 0 unspecified atom stereocenters. The van der Waals surface area contributed by atoms with E-state index < -0.39 is 0 Å². The predicted octanol–water partition coefficient (Wildman–Crippen LogP) is 9.74. The summed E-state index contributed by atoms with van der Waals surface area (Å²) < 4.78 is 6.47. The van der Waals surface area contributed by atoms with E-state index in [-0.39, 0.29) is 0 Å². The third kappa shape index (κ3) is 2.64. The summed E-state index contributed by atoms with van der Waals surface area (Å²) >= 11 is 0. The molecule has 0 fully saturated rings. The fourth-order valence-electron chi connectivity index (χ4n) is 5.85. The largest absolute Gasteiger partial charge is 0.456 e. The van der Waals surface area contributed by atoms with Gasteiger partial charge in [0.2, 0.25) is 0 Å². The highest BCUT2D eigenvalue weighted by Crippen LogP contribution is 2.48. The fourth-order valence-corrected chi connectivity index (χ4v) is 5.85. The molecule has 7 aromatic carbocycles. The Hall–Kier alpha value is -4.62. The van der Waals surface area contributed by atoms with Crippen molar-refractivity contribution in [2.45, 2.75) is 0 Å². The molecule has 0 bridgehead atoms. The van der Waals surface area contributed by atoms with Gasteiger partial charge in [0.1, 0.15) is 11.5 Å². The smallest absolute Gasteiger partial charge is 0.135 e. The maximum atomic E-state index is 6.47. The Kier molecular flexibility index (Phi) is 3.72. The van der Waals surface area contributed by atoms with Gasteiger partial charge in [-0.1, -0.05) is 97.1 Å². The van der Waals surface area contributed by atoms with Crippen LogP contribution >= 0.6 is 0 Å². The number of hydrogen-bond donors (Lipinski definition) is 0. The average Bonchev–Trinajstić information content (AvgIpc) is 2.92. The molecule has 1 heterocycles. The summed E-state index contributed by atoms with van der Waals surface area (Å²) in [5.74, 6) is 1.84. The van der Waals surface area contributed by atoms with E-state index in [9.17, 15) is 0 Å². The van der Waals surface area contributed by atoms with Crippen LogP contribution in [0.25, 0.3) is 65.3 Å². The molecule has 162 valence electrons. The van der Waals surface area contributed by atoms with Gasteiger partial charge in [0.25, 0.3) is 0 Å². The molecule has 0 spiro atoms. The molecule has 0 N–H and O–H groups in total. The molecule has 7 aromatic rings. The summed E-state index contributed by atoms with van der Waals surface area (Å²) in [6.45, 7) is 0. The molecule has 1 heteroatoms. The first-order chi connectivity index (χ1) is 17.3. The Labute approximate surface area is 202 Å². The molecule has 1 aliphatic rings. The summed E-state index contributed by atoms with van der Waals surface area (Å²) in [6.07, 6.45) is 0. The lowest BCUT2D eigenvalue weighted by atomic mass is 9.89. The van der Waals surface area contributed by atoms with Gasteiger partial charge < -0.3 is 4.74 Å². The highest BCUT2D eigenvalue weighted by atomic mass is 16.5. The first-order valence-corrected chi connectivity index (χ1v) is 12.0. The van der Waals surface area contributed by atoms with Crippen molar-refractivity contribution in [2.75, 3.05) is 0 Å². The lowest BCUT2D eigenvalue weighted by Gasteiger charge is -2.22. The van der Waals surface area contributed by atoms with Crippen LogP contribution in [0.3, 0.4) is 0 Å². The van der Waals surface area contributed by atoms with E-state index in [1.807, 2.05) is 0 Å². The number of rotatable bonds is 1. The first-order valence-electron chi connectivity index (χ1n) is 12.0. The number of ether oxygens (including phenoxy) is 1. The van der Waals surface area contributed by atoms with E-state index in [4.69, 9.17) is 4.74 Å². The Bertz CT molecular complexity index is 1970. The van der Waals surface area contributed by atoms with E-state index in [1.165, 1.54) is 59.8 Å². The number of hydrogen-bond acceptors (Lipinski definition) is 1. The molecule has 0 atom stereocenters. The van der Waals surface area contributed by atoms with Crippen molar-refractivity contribution < 1.29 is 4.74 Å². The first kappa shape index (κ1) is 18.8. The summed E-state index contributed by atoms with van der Waals surface area (Å²) in [4.78, 5) is 0. The topological polar surface area (TPSA) is 9.23 Å². The summed E-state index contributed by atoms with van der Waals surface area (Å²) in [6, 6.07) is 43.7. The third-order valence-corrected chi connectivity index (χ3v) is 7.42. The average molecular weight is 445 g/mol. The van der Waals surface area contributed by atoms with Crippen molar-refractivity contribution in [1.82, 2.24) is 0 Å². The minimum atomic E-state index is 0.913. The normalized spacial score (nSPS) is 12.2. The van der Waals surface area contributed by atoms with E-state index >= 15 is 0 Å². The lowest BCUT2D eigenvalue weighted by Crippen LogP contribution is -1.97. The Morgan fingerprint density at radius 3 is 2.03 bits per heavy atom. The van der Waals surface area contributed by atoms with Crippen molar-refractivity contribution in [2.24, 2.45) is 0 Å². The summed E-state index contributed by atoms with van der Waals surface area (Å²) in [5, 5.41) is 10.1. The molecule has 0 aromatic heterocycles. The predicted molar refractivity (Wildman–Crippen MR) is 147 cm³/mol. The van der Waals surface area contributed by atoms with Crippen LogP contribution in [0.4, 0.5) is 0 Å². The van der Waals surface area contributed by atoms with Gasteiger partial charge in [-0.25, -0.2) is 0 Å². The SMILES string of the molecule is c1cc2c3c(cccc3c1)-c1ccc(-c3cc4ccc5ccccc5c4c4ccccc34)cc1O2. The molecule has 0 radical (unpaired) electrons. The van der Waals surface area contributed by atoms with Crippen LogP contribution in [0.15, 0.2) is 121 Å². The van der Waals surface area contributed by atoms with Gasteiger partial charge in [-0.05, 0) is 78.7 Å². The minimum Gasteiger partial charge on any atom is -0.456 e. The Balaban J connectivity index is 1.40.